The van der Waals surface area contributed by atoms with Crippen LogP contribution in [-0.2, 0) is 0 Å². The van der Waals surface area contributed by atoms with E-state index >= 15 is 0 Å². The van der Waals surface area contributed by atoms with E-state index in [0.29, 0.717) is 0 Å². The van der Waals surface area contributed by atoms with Gasteiger partial charge in [0.05, 0.1) is 6.04 Å². The molecule has 0 bridgehead atoms. The van der Waals surface area contributed by atoms with Gasteiger partial charge in [-0.2, -0.15) is 0 Å². The Morgan fingerprint density at radius 1 is 1.00 bits per heavy atom. The average Bonchev–Trinajstić information content (AvgIpc) is 2.41. The van der Waals surface area contributed by atoms with Crippen molar-refractivity contribution in [2.75, 3.05) is 5.32 Å². The second-order valence-corrected chi connectivity index (χ2v) is 4.62. The molecule has 1 atom stereocenters. The van der Waals surface area contributed by atoms with Crippen LogP contribution in [0.3, 0.4) is 0 Å². The van der Waals surface area contributed by atoms with Gasteiger partial charge in [-0.25, -0.2) is 8.78 Å². The molecule has 2 aromatic carbocycles. The van der Waals surface area contributed by atoms with Crippen LogP contribution in [0.1, 0.15) is 30.5 Å². The van der Waals surface area contributed by atoms with Crippen LogP contribution in [0.4, 0.5) is 14.5 Å². The van der Waals surface area contributed by atoms with E-state index in [2.05, 4.69) is 5.32 Å². The van der Waals surface area contributed by atoms with Gasteiger partial charge in [0, 0.05) is 5.69 Å². The second-order valence-electron chi connectivity index (χ2n) is 4.62. The zero-order valence-electron chi connectivity index (χ0n) is 11.1. The van der Waals surface area contributed by atoms with Gasteiger partial charge in [-0.05, 0) is 48.7 Å². The number of hydrogen-bond acceptors (Lipinski definition) is 1. The van der Waals surface area contributed by atoms with E-state index < -0.39 is 0 Å². The lowest BCUT2D eigenvalue weighted by atomic mass is 10.0. The SMILES string of the molecule is CCC(Nc1cc(F)ccc1C)c1ccc(F)cc1. The second kappa shape index (κ2) is 5.83. The Morgan fingerprint density at radius 2 is 1.63 bits per heavy atom. The average molecular weight is 261 g/mol. The Bertz CT molecular complexity index is 549. The first-order valence-corrected chi connectivity index (χ1v) is 6.38. The molecule has 0 aliphatic rings. The molecule has 100 valence electrons. The summed E-state index contributed by atoms with van der Waals surface area (Å²) < 4.78 is 26.2. The van der Waals surface area contributed by atoms with Crippen LogP contribution >= 0.6 is 0 Å². The summed E-state index contributed by atoms with van der Waals surface area (Å²) in [5.41, 5.74) is 2.76. The minimum atomic E-state index is -0.262. The van der Waals surface area contributed by atoms with Crippen LogP contribution in [0.25, 0.3) is 0 Å². The molecule has 0 aliphatic heterocycles. The van der Waals surface area contributed by atoms with Gasteiger partial charge < -0.3 is 5.32 Å². The fourth-order valence-corrected chi connectivity index (χ4v) is 2.05. The van der Waals surface area contributed by atoms with Gasteiger partial charge in [0.15, 0.2) is 0 Å². The van der Waals surface area contributed by atoms with Crippen LogP contribution in [0.2, 0.25) is 0 Å². The van der Waals surface area contributed by atoms with Crippen molar-refractivity contribution >= 4 is 5.69 Å². The largest absolute Gasteiger partial charge is 0.378 e. The van der Waals surface area contributed by atoms with Crippen molar-refractivity contribution in [1.29, 1.82) is 0 Å². The Balaban J connectivity index is 2.23. The molecule has 0 amide bonds. The Labute approximate surface area is 112 Å². The lowest BCUT2D eigenvalue weighted by Gasteiger charge is -2.20. The third-order valence-corrected chi connectivity index (χ3v) is 3.21. The maximum absolute atomic E-state index is 13.3. The molecule has 3 heteroatoms. The van der Waals surface area contributed by atoms with E-state index in [-0.39, 0.29) is 17.7 Å². The number of hydrogen-bond donors (Lipinski definition) is 1. The maximum atomic E-state index is 13.3. The molecular formula is C16H17F2N. The molecule has 0 aliphatic carbocycles. The summed E-state index contributed by atoms with van der Waals surface area (Å²) in [4.78, 5) is 0. The molecular weight excluding hydrogens is 244 g/mol. The molecule has 2 aromatic rings. The summed E-state index contributed by atoms with van der Waals surface area (Å²) in [5.74, 6) is -0.511. The highest BCUT2D eigenvalue weighted by Crippen LogP contribution is 2.25. The number of aryl methyl sites for hydroxylation is 1. The number of rotatable bonds is 4. The normalized spacial score (nSPS) is 12.2. The predicted molar refractivity (Wildman–Crippen MR) is 74.2 cm³/mol. The van der Waals surface area contributed by atoms with Crippen molar-refractivity contribution in [3.05, 3.63) is 65.2 Å². The van der Waals surface area contributed by atoms with E-state index in [9.17, 15) is 8.78 Å². The summed E-state index contributed by atoms with van der Waals surface area (Å²) in [7, 11) is 0. The monoisotopic (exact) mass is 261 g/mol. The van der Waals surface area contributed by atoms with Crippen LogP contribution in [0, 0.1) is 18.6 Å². The number of benzene rings is 2. The summed E-state index contributed by atoms with van der Waals surface area (Å²) in [5, 5.41) is 3.31. The van der Waals surface area contributed by atoms with Crippen molar-refractivity contribution in [1.82, 2.24) is 0 Å². The fraction of sp³-hybridized carbons (Fsp3) is 0.250. The zero-order valence-corrected chi connectivity index (χ0v) is 11.1. The van der Waals surface area contributed by atoms with E-state index in [1.807, 2.05) is 13.8 Å². The lowest BCUT2D eigenvalue weighted by molar-refractivity contribution is 0.624. The molecule has 1 N–H and O–H groups in total. The van der Waals surface area contributed by atoms with Crippen molar-refractivity contribution in [3.8, 4) is 0 Å². The summed E-state index contributed by atoms with van der Waals surface area (Å²) >= 11 is 0. The molecule has 0 aromatic heterocycles. The molecule has 0 radical (unpaired) electrons. The van der Waals surface area contributed by atoms with Crippen LogP contribution in [0.5, 0.6) is 0 Å². The fourth-order valence-electron chi connectivity index (χ4n) is 2.05. The Kier molecular flexibility index (Phi) is 4.15. The molecule has 0 spiro atoms. The molecule has 0 saturated carbocycles. The molecule has 1 nitrogen and oxygen atoms in total. The van der Waals surface area contributed by atoms with Gasteiger partial charge in [-0.3, -0.25) is 0 Å². The van der Waals surface area contributed by atoms with Gasteiger partial charge in [-0.1, -0.05) is 25.1 Å². The van der Waals surface area contributed by atoms with Gasteiger partial charge in [0.2, 0.25) is 0 Å². The van der Waals surface area contributed by atoms with Gasteiger partial charge in [0.25, 0.3) is 0 Å². The minimum Gasteiger partial charge on any atom is -0.378 e. The Hall–Kier alpha value is -1.90. The Morgan fingerprint density at radius 3 is 2.26 bits per heavy atom. The summed E-state index contributed by atoms with van der Waals surface area (Å²) in [6.07, 6.45) is 0.835. The number of nitrogens with one attached hydrogen (secondary N) is 1. The van der Waals surface area contributed by atoms with Crippen LogP contribution in [-0.4, -0.2) is 0 Å². The highest BCUT2D eigenvalue weighted by atomic mass is 19.1. The first-order chi connectivity index (χ1) is 9.10. The van der Waals surface area contributed by atoms with Crippen molar-refractivity contribution in [2.45, 2.75) is 26.3 Å². The van der Waals surface area contributed by atoms with Gasteiger partial charge in [0.1, 0.15) is 11.6 Å². The van der Waals surface area contributed by atoms with Crippen molar-refractivity contribution in [2.24, 2.45) is 0 Å². The summed E-state index contributed by atoms with van der Waals surface area (Å²) in [6, 6.07) is 11.1. The standard InChI is InChI=1S/C16H17F2N/c1-3-15(12-5-8-13(17)9-6-12)19-16-10-14(18)7-4-11(16)2/h4-10,15,19H,3H2,1-2H3. The first-order valence-electron chi connectivity index (χ1n) is 6.38. The van der Waals surface area contributed by atoms with Gasteiger partial charge >= 0.3 is 0 Å². The molecule has 0 fully saturated rings. The number of anilines is 1. The van der Waals surface area contributed by atoms with E-state index in [4.69, 9.17) is 0 Å². The van der Waals surface area contributed by atoms with E-state index in [1.165, 1.54) is 24.3 Å². The smallest absolute Gasteiger partial charge is 0.125 e. The van der Waals surface area contributed by atoms with Crippen molar-refractivity contribution in [3.63, 3.8) is 0 Å². The quantitative estimate of drug-likeness (QED) is 0.830. The van der Waals surface area contributed by atoms with Crippen molar-refractivity contribution < 1.29 is 8.78 Å². The van der Waals surface area contributed by atoms with Gasteiger partial charge in [-0.15, -0.1) is 0 Å². The topological polar surface area (TPSA) is 12.0 Å². The molecule has 19 heavy (non-hydrogen) atoms. The first kappa shape index (κ1) is 13.5. The number of halogens is 2. The molecule has 2 rings (SSSR count). The predicted octanol–water partition coefficient (Wildman–Crippen LogP) is 4.84. The van der Waals surface area contributed by atoms with Crippen LogP contribution in [0.15, 0.2) is 42.5 Å². The maximum Gasteiger partial charge on any atom is 0.125 e. The highest BCUT2D eigenvalue weighted by Gasteiger charge is 2.11. The minimum absolute atomic E-state index is 0.0427. The third-order valence-electron chi connectivity index (χ3n) is 3.21. The third kappa shape index (κ3) is 3.31. The zero-order chi connectivity index (χ0) is 13.8. The lowest BCUT2D eigenvalue weighted by Crippen LogP contribution is -2.10. The highest BCUT2D eigenvalue weighted by molar-refractivity contribution is 5.52. The summed E-state index contributed by atoms with van der Waals surface area (Å²) in [6.45, 7) is 3.97. The molecule has 0 saturated heterocycles. The van der Waals surface area contributed by atoms with Crippen LogP contribution < -0.4 is 5.32 Å². The molecule has 1 unspecified atom stereocenters. The van der Waals surface area contributed by atoms with E-state index in [0.717, 1.165) is 23.2 Å². The van der Waals surface area contributed by atoms with E-state index in [1.54, 1.807) is 18.2 Å². The molecule has 0 heterocycles.